The monoisotopic (exact) mass is 186 g/mol. The molecule has 1 heterocycles. The molecular weight excluding hydrogens is 176 g/mol. The zero-order valence-corrected chi connectivity index (χ0v) is 8.05. The Balaban J connectivity index is 2.38. The van der Waals surface area contributed by atoms with Gasteiger partial charge in [-0.25, -0.2) is 0 Å². The fourth-order valence-corrected chi connectivity index (χ4v) is 1.91. The van der Waals surface area contributed by atoms with Crippen molar-refractivity contribution < 1.29 is 0 Å². The molecule has 0 fully saturated rings. The SMILES string of the molecule is C=Cc1ccc(-c2ccsc2)cc1. The number of hydrogen-bond acceptors (Lipinski definition) is 1. The molecule has 0 radical (unpaired) electrons. The second kappa shape index (κ2) is 3.58. The van der Waals surface area contributed by atoms with Crippen LogP contribution in [0.25, 0.3) is 17.2 Å². The van der Waals surface area contributed by atoms with Crippen molar-refractivity contribution in [3.05, 3.63) is 53.2 Å². The van der Waals surface area contributed by atoms with Crippen LogP contribution in [0.5, 0.6) is 0 Å². The average Bonchev–Trinajstić information content (AvgIpc) is 2.71. The summed E-state index contributed by atoms with van der Waals surface area (Å²) < 4.78 is 0. The van der Waals surface area contributed by atoms with Crippen molar-refractivity contribution in [2.24, 2.45) is 0 Å². The van der Waals surface area contributed by atoms with Crippen LogP contribution < -0.4 is 0 Å². The highest BCUT2D eigenvalue weighted by molar-refractivity contribution is 7.08. The van der Waals surface area contributed by atoms with Gasteiger partial charge in [-0.2, -0.15) is 11.3 Å². The van der Waals surface area contributed by atoms with E-state index in [0.717, 1.165) is 0 Å². The van der Waals surface area contributed by atoms with Crippen LogP contribution in [0.2, 0.25) is 0 Å². The molecule has 0 N–H and O–H groups in total. The van der Waals surface area contributed by atoms with Gasteiger partial charge in [0, 0.05) is 0 Å². The zero-order chi connectivity index (χ0) is 9.10. The molecule has 0 saturated heterocycles. The standard InChI is InChI=1S/C12H10S/c1-2-10-3-5-11(6-4-10)12-7-8-13-9-12/h2-9H,1H2. The average molecular weight is 186 g/mol. The molecule has 0 spiro atoms. The fourth-order valence-electron chi connectivity index (χ4n) is 1.24. The van der Waals surface area contributed by atoms with Gasteiger partial charge in [-0.05, 0) is 33.5 Å². The molecule has 1 aromatic carbocycles. The van der Waals surface area contributed by atoms with Crippen LogP contribution in [0.15, 0.2) is 47.7 Å². The van der Waals surface area contributed by atoms with Crippen LogP contribution in [0, 0.1) is 0 Å². The molecule has 0 bridgehead atoms. The van der Waals surface area contributed by atoms with Gasteiger partial charge in [0.25, 0.3) is 0 Å². The van der Waals surface area contributed by atoms with Crippen LogP contribution in [-0.4, -0.2) is 0 Å². The summed E-state index contributed by atoms with van der Waals surface area (Å²) in [7, 11) is 0. The maximum atomic E-state index is 3.73. The van der Waals surface area contributed by atoms with Gasteiger partial charge >= 0.3 is 0 Å². The lowest BCUT2D eigenvalue weighted by Crippen LogP contribution is -1.74. The van der Waals surface area contributed by atoms with Gasteiger partial charge in [0.15, 0.2) is 0 Å². The molecule has 64 valence electrons. The van der Waals surface area contributed by atoms with Crippen LogP contribution >= 0.6 is 11.3 Å². The third kappa shape index (κ3) is 1.70. The predicted octanol–water partition coefficient (Wildman–Crippen LogP) is 4.06. The quantitative estimate of drug-likeness (QED) is 0.663. The van der Waals surface area contributed by atoms with E-state index < -0.39 is 0 Å². The normalized spacial score (nSPS) is 9.85. The minimum Gasteiger partial charge on any atom is -0.152 e. The lowest BCUT2D eigenvalue weighted by molar-refractivity contribution is 1.64. The van der Waals surface area contributed by atoms with Gasteiger partial charge < -0.3 is 0 Å². The van der Waals surface area contributed by atoms with Crippen molar-refractivity contribution in [1.82, 2.24) is 0 Å². The maximum Gasteiger partial charge on any atom is -0.00147 e. The van der Waals surface area contributed by atoms with Gasteiger partial charge in [0.05, 0.1) is 0 Å². The molecule has 2 rings (SSSR count). The van der Waals surface area contributed by atoms with Gasteiger partial charge in [-0.3, -0.25) is 0 Å². The van der Waals surface area contributed by atoms with Gasteiger partial charge in [0.2, 0.25) is 0 Å². The highest BCUT2D eigenvalue weighted by atomic mass is 32.1. The summed E-state index contributed by atoms with van der Waals surface area (Å²) in [6.45, 7) is 3.73. The van der Waals surface area contributed by atoms with Crippen molar-refractivity contribution in [2.45, 2.75) is 0 Å². The van der Waals surface area contributed by atoms with E-state index in [4.69, 9.17) is 0 Å². The van der Waals surface area contributed by atoms with Gasteiger partial charge in [0.1, 0.15) is 0 Å². The van der Waals surface area contributed by atoms with E-state index >= 15 is 0 Å². The minimum absolute atomic E-state index is 1.17. The van der Waals surface area contributed by atoms with E-state index in [2.05, 4.69) is 47.7 Å². The third-order valence-corrected chi connectivity index (χ3v) is 2.68. The molecule has 0 saturated carbocycles. The first-order valence-corrected chi connectivity index (χ1v) is 5.09. The molecule has 0 aliphatic rings. The molecule has 2 aromatic rings. The molecule has 0 aliphatic carbocycles. The fraction of sp³-hybridized carbons (Fsp3) is 0. The predicted molar refractivity (Wildman–Crippen MR) is 59.8 cm³/mol. The molecule has 1 aromatic heterocycles. The van der Waals surface area contributed by atoms with E-state index in [1.165, 1.54) is 16.7 Å². The Labute approximate surface area is 82.2 Å². The molecule has 1 heteroatoms. The van der Waals surface area contributed by atoms with Crippen molar-refractivity contribution in [3.63, 3.8) is 0 Å². The van der Waals surface area contributed by atoms with E-state index in [9.17, 15) is 0 Å². The Kier molecular flexibility index (Phi) is 2.28. The number of benzene rings is 1. The number of hydrogen-bond donors (Lipinski definition) is 0. The summed E-state index contributed by atoms with van der Waals surface area (Å²) in [6.07, 6.45) is 1.86. The third-order valence-electron chi connectivity index (χ3n) is 2.00. The highest BCUT2D eigenvalue weighted by Gasteiger charge is 1.95. The second-order valence-corrected chi connectivity index (χ2v) is 3.62. The van der Waals surface area contributed by atoms with Crippen molar-refractivity contribution >= 4 is 17.4 Å². The van der Waals surface area contributed by atoms with E-state index in [1.54, 1.807) is 11.3 Å². The molecule has 0 unspecified atom stereocenters. The molecule has 0 nitrogen and oxygen atoms in total. The topological polar surface area (TPSA) is 0 Å². The van der Waals surface area contributed by atoms with Crippen molar-refractivity contribution in [3.8, 4) is 11.1 Å². The van der Waals surface area contributed by atoms with Crippen molar-refractivity contribution in [1.29, 1.82) is 0 Å². The van der Waals surface area contributed by atoms with E-state index in [-0.39, 0.29) is 0 Å². The Morgan fingerprint density at radius 3 is 2.31 bits per heavy atom. The van der Waals surface area contributed by atoms with Gasteiger partial charge in [-0.1, -0.05) is 36.9 Å². The lowest BCUT2D eigenvalue weighted by Gasteiger charge is -1.97. The Hall–Kier alpha value is -1.34. The maximum absolute atomic E-state index is 3.73. The number of thiophene rings is 1. The summed E-state index contributed by atoms with van der Waals surface area (Å²) >= 11 is 1.72. The minimum atomic E-state index is 1.17. The van der Waals surface area contributed by atoms with Crippen LogP contribution in [0.4, 0.5) is 0 Å². The Bertz CT molecular complexity index is 382. The molecular formula is C12H10S. The Morgan fingerprint density at radius 2 is 1.77 bits per heavy atom. The largest absolute Gasteiger partial charge is 0.152 e. The van der Waals surface area contributed by atoms with Gasteiger partial charge in [-0.15, -0.1) is 0 Å². The van der Waals surface area contributed by atoms with E-state index in [0.29, 0.717) is 0 Å². The molecule has 0 atom stereocenters. The highest BCUT2D eigenvalue weighted by Crippen LogP contribution is 2.22. The van der Waals surface area contributed by atoms with Crippen LogP contribution in [0.1, 0.15) is 5.56 Å². The summed E-state index contributed by atoms with van der Waals surface area (Å²) in [6, 6.07) is 10.5. The first-order valence-electron chi connectivity index (χ1n) is 4.15. The van der Waals surface area contributed by atoms with Crippen LogP contribution in [0.3, 0.4) is 0 Å². The molecule has 0 aliphatic heterocycles. The Morgan fingerprint density at radius 1 is 1.00 bits per heavy atom. The zero-order valence-electron chi connectivity index (χ0n) is 7.23. The summed E-state index contributed by atoms with van der Waals surface area (Å²) in [5, 5.41) is 4.25. The van der Waals surface area contributed by atoms with Crippen LogP contribution in [-0.2, 0) is 0 Å². The first-order chi connectivity index (χ1) is 6.40. The van der Waals surface area contributed by atoms with Crippen molar-refractivity contribution in [2.75, 3.05) is 0 Å². The molecule has 0 amide bonds. The van der Waals surface area contributed by atoms with E-state index in [1.807, 2.05) is 6.08 Å². The smallest absolute Gasteiger partial charge is 0.00147 e. The molecule has 13 heavy (non-hydrogen) atoms. The summed E-state index contributed by atoms with van der Waals surface area (Å²) in [5.41, 5.74) is 3.73. The first kappa shape index (κ1) is 8.27. The lowest BCUT2D eigenvalue weighted by atomic mass is 10.1. The summed E-state index contributed by atoms with van der Waals surface area (Å²) in [5.74, 6) is 0. The number of rotatable bonds is 2. The summed E-state index contributed by atoms with van der Waals surface area (Å²) in [4.78, 5) is 0. The second-order valence-electron chi connectivity index (χ2n) is 2.84.